The molecular formula is C16H26N4O. The van der Waals surface area contributed by atoms with E-state index in [1.54, 1.807) is 12.4 Å². The maximum atomic E-state index is 12.2. The minimum atomic E-state index is -0.0512. The lowest BCUT2D eigenvalue weighted by Gasteiger charge is -2.22. The molecule has 0 unspecified atom stereocenters. The standard InChI is InChI=1S/C16H26N4O/c1-3-4-10-20(2)16-17-11-13(12-18-16)15(21)19-14-8-6-5-7-9-14/h11-12,14H,3-10H2,1-2H3,(H,19,21). The average molecular weight is 290 g/mol. The SMILES string of the molecule is CCCCN(C)c1ncc(C(=O)NC2CCCCC2)cn1. The Morgan fingerprint density at radius 1 is 1.29 bits per heavy atom. The van der Waals surface area contributed by atoms with Crippen LogP contribution in [0.4, 0.5) is 5.95 Å². The fraction of sp³-hybridized carbons (Fsp3) is 0.688. The first-order valence-electron chi connectivity index (χ1n) is 8.04. The molecule has 1 aromatic heterocycles. The van der Waals surface area contributed by atoms with Crippen LogP contribution in [0.2, 0.25) is 0 Å². The van der Waals surface area contributed by atoms with Crippen LogP contribution in [0.1, 0.15) is 62.2 Å². The highest BCUT2D eigenvalue weighted by Crippen LogP contribution is 2.17. The molecule has 0 radical (unpaired) electrons. The number of unbranched alkanes of at least 4 members (excludes halogenated alkanes) is 1. The van der Waals surface area contributed by atoms with Crippen molar-refractivity contribution in [2.45, 2.75) is 57.9 Å². The quantitative estimate of drug-likeness (QED) is 0.875. The number of hydrogen-bond acceptors (Lipinski definition) is 4. The lowest BCUT2D eigenvalue weighted by molar-refractivity contribution is 0.0927. The van der Waals surface area contributed by atoms with Gasteiger partial charge in [0.25, 0.3) is 5.91 Å². The fourth-order valence-corrected chi connectivity index (χ4v) is 2.65. The first-order chi connectivity index (χ1) is 10.2. The molecule has 1 fully saturated rings. The summed E-state index contributed by atoms with van der Waals surface area (Å²) < 4.78 is 0. The lowest BCUT2D eigenvalue weighted by Crippen LogP contribution is -2.36. The summed E-state index contributed by atoms with van der Waals surface area (Å²) in [6.45, 7) is 3.09. The zero-order valence-corrected chi connectivity index (χ0v) is 13.1. The highest BCUT2D eigenvalue weighted by Gasteiger charge is 2.17. The molecule has 2 rings (SSSR count). The molecule has 1 aromatic rings. The van der Waals surface area contributed by atoms with Crippen molar-refractivity contribution in [3.8, 4) is 0 Å². The molecule has 1 saturated carbocycles. The summed E-state index contributed by atoms with van der Waals surface area (Å²) in [4.78, 5) is 22.8. The molecule has 21 heavy (non-hydrogen) atoms. The van der Waals surface area contributed by atoms with E-state index in [4.69, 9.17) is 0 Å². The van der Waals surface area contributed by atoms with Gasteiger partial charge in [-0.15, -0.1) is 0 Å². The monoisotopic (exact) mass is 290 g/mol. The Morgan fingerprint density at radius 2 is 1.95 bits per heavy atom. The number of amides is 1. The fourth-order valence-electron chi connectivity index (χ4n) is 2.65. The van der Waals surface area contributed by atoms with E-state index >= 15 is 0 Å². The third-order valence-corrected chi connectivity index (χ3v) is 4.03. The number of nitrogens with one attached hydrogen (secondary N) is 1. The van der Waals surface area contributed by atoms with Gasteiger partial charge in [0.15, 0.2) is 0 Å². The summed E-state index contributed by atoms with van der Waals surface area (Å²) in [5.41, 5.74) is 0.549. The predicted molar refractivity (Wildman–Crippen MR) is 84.5 cm³/mol. The summed E-state index contributed by atoms with van der Waals surface area (Å²) in [6.07, 6.45) is 11.4. The Morgan fingerprint density at radius 3 is 2.57 bits per heavy atom. The van der Waals surface area contributed by atoms with E-state index in [9.17, 15) is 4.79 Å². The van der Waals surface area contributed by atoms with Gasteiger partial charge < -0.3 is 10.2 Å². The summed E-state index contributed by atoms with van der Waals surface area (Å²) in [6, 6.07) is 0.318. The van der Waals surface area contributed by atoms with Crippen LogP contribution in [0.15, 0.2) is 12.4 Å². The van der Waals surface area contributed by atoms with Crippen LogP contribution in [-0.2, 0) is 0 Å². The van der Waals surface area contributed by atoms with Crippen LogP contribution in [0.5, 0.6) is 0 Å². The molecule has 0 saturated heterocycles. The predicted octanol–water partition coefficient (Wildman–Crippen LogP) is 2.78. The van der Waals surface area contributed by atoms with Crippen LogP contribution in [-0.4, -0.2) is 35.5 Å². The minimum Gasteiger partial charge on any atom is -0.349 e. The lowest BCUT2D eigenvalue weighted by atomic mass is 9.95. The molecule has 1 aliphatic carbocycles. The van der Waals surface area contributed by atoms with Gasteiger partial charge in [0.05, 0.1) is 5.56 Å². The van der Waals surface area contributed by atoms with Gasteiger partial charge in [-0.2, -0.15) is 0 Å². The Hall–Kier alpha value is -1.65. The minimum absolute atomic E-state index is 0.0512. The number of carbonyl (C=O) groups excluding carboxylic acids is 1. The van der Waals surface area contributed by atoms with Crippen molar-refractivity contribution in [3.05, 3.63) is 18.0 Å². The second-order valence-corrected chi connectivity index (χ2v) is 5.86. The molecule has 1 amide bonds. The first kappa shape index (κ1) is 15.7. The van der Waals surface area contributed by atoms with Gasteiger partial charge in [0.2, 0.25) is 5.95 Å². The molecule has 5 heteroatoms. The molecule has 1 heterocycles. The van der Waals surface area contributed by atoms with Crippen molar-refractivity contribution in [1.82, 2.24) is 15.3 Å². The van der Waals surface area contributed by atoms with Crippen molar-refractivity contribution in [1.29, 1.82) is 0 Å². The number of carbonyl (C=O) groups is 1. The normalized spacial score (nSPS) is 15.7. The van der Waals surface area contributed by atoms with Crippen LogP contribution in [0.25, 0.3) is 0 Å². The zero-order valence-electron chi connectivity index (χ0n) is 13.1. The van der Waals surface area contributed by atoms with Crippen LogP contribution in [0.3, 0.4) is 0 Å². The zero-order chi connectivity index (χ0) is 15.1. The molecule has 0 spiro atoms. The number of hydrogen-bond donors (Lipinski definition) is 1. The topological polar surface area (TPSA) is 58.1 Å². The van der Waals surface area contributed by atoms with Crippen LogP contribution in [0, 0.1) is 0 Å². The maximum Gasteiger partial charge on any atom is 0.254 e. The van der Waals surface area contributed by atoms with Crippen molar-refractivity contribution >= 4 is 11.9 Å². The third-order valence-electron chi connectivity index (χ3n) is 4.03. The number of aromatic nitrogens is 2. The third kappa shape index (κ3) is 4.69. The molecule has 0 atom stereocenters. The molecule has 116 valence electrons. The Labute approximate surface area is 127 Å². The van der Waals surface area contributed by atoms with Gasteiger partial charge in [0.1, 0.15) is 0 Å². The van der Waals surface area contributed by atoms with Crippen molar-refractivity contribution in [3.63, 3.8) is 0 Å². The summed E-state index contributed by atoms with van der Waals surface area (Å²) in [5.74, 6) is 0.627. The van der Waals surface area contributed by atoms with E-state index in [0.717, 1.165) is 32.2 Å². The van der Waals surface area contributed by atoms with Gasteiger partial charge in [-0.25, -0.2) is 9.97 Å². The van der Waals surface area contributed by atoms with Gasteiger partial charge >= 0.3 is 0 Å². The van der Waals surface area contributed by atoms with E-state index in [1.165, 1.54) is 19.3 Å². The highest BCUT2D eigenvalue weighted by molar-refractivity contribution is 5.93. The number of anilines is 1. The molecule has 5 nitrogen and oxygen atoms in total. The second-order valence-electron chi connectivity index (χ2n) is 5.86. The van der Waals surface area contributed by atoms with E-state index in [2.05, 4.69) is 22.2 Å². The molecular weight excluding hydrogens is 264 g/mol. The smallest absolute Gasteiger partial charge is 0.254 e. The Balaban J connectivity index is 1.89. The first-order valence-corrected chi connectivity index (χ1v) is 8.04. The largest absolute Gasteiger partial charge is 0.349 e. The average Bonchev–Trinajstić information content (AvgIpc) is 2.53. The molecule has 1 aliphatic rings. The second kappa shape index (κ2) is 7.96. The number of nitrogens with zero attached hydrogens (tertiary/aromatic N) is 3. The van der Waals surface area contributed by atoms with Crippen molar-refractivity contribution < 1.29 is 4.79 Å². The van der Waals surface area contributed by atoms with E-state index < -0.39 is 0 Å². The Kier molecular flexibility index (Phi) is 5.96. The van der Waals surface area contributed by atoms with E-state index in [1.807, 2.05) is 11.9 Å². The molecule has 0 aliphatic heterocycles. The van der Waals surface area contributed by atoms with Crippen molar-refractivity contribution in [2.75, 3.05) is 18.5 Å². The summed E-state index contributed by atoms with van der Waals surface area (Å²) in [5, 5.41) is 3.09. The Bertz CT molecular complexity index is 440. The van der Waals surface area contributed by atoms with Crippen molar-refractivity contribution in [2.24, 2.45) is 0 Å². The summed E-state index contributed by atoms with van der Waals surface area (Å²) in [7, 11) is 1.98. The summed E-state index contributed by atoms with van der Waals surface area (Å²) >= 11 is 0. The van der Waals surface area contributed by atoms with Gasteiger partial charge in [-0.05, 0) is 19.3 Å². The van der Waals surface area contributed by atoms with Gasteiger partial charge in [0, 0.05) is 32.0 Å². The van der Waals surface area contributed by atoms with E-state index in [0.29, 0.717) is 17.6 Å². The van der Waals surface area contributed by atoms with E-state index in [-0.39, 0.29) is 5.91 Å². The number of rotatable bonds is 6. The van der Waals surface area contributed by atoms with Crippen LogP contribution < -0.4 is 10.2 Å². The highest BCUT2D eigenvalue weighted by atomic mass is 16.1. The molecule has 0 aromatic carbocycles. The van der Waals surface area contributed by atoms with Crippen LogP contribution >= 0.6 is 0 Å². The van der Waals surface area contributed by atoms with Gasteiger partial charge in [-0.3, -0.25) is 4.79 Å². The maximum absolute atomic E-state index is 12.2. The van der Waals surface area contributed by atoms with Gasteiger partial charge in [-0.1, -0.05) is 32.6 Å². The molecule has 1 N–H and O–H groups in total. The molecule has 0 bridgehead atoms.